The van der Waals surface area contributed by atoms with Gasteiger partial charge in [0, 0.05) is 6.54 Å². The predicted octanol–water partition coefficient (Wildman–Crippen LogP) is 6.12. The van der Waals surface area contributed by atoms with E-state index < -0.39 is 10.0 Å². The molecule has 0 saturated heterocycles. The molecule has 0 spiro atoms. The van der Waals surface area contributed by atoms with Crippen molar-refractivity contribution in [3.8, 4) is 5.75 Å². The van der Waals surface area contributed by atoms with E-state index >= 15 is 0 Å². The quantitative estimate of drug-likeness (QED) is 0.555. The first-order valence-electron chi connectivity index (χ1n) is 12.3. The van der Waals surface area contributed by atoms with E-state index in [4.69, 9.17) is 4.74 Å². The van der Waals surface area contributed by atoms with Gasteiger partial charge in [0.1, 0.15) is 5.75 Å². The third-order valence-corrected chi connectivity index (χ3v) is 9.91. The van der Waals surface area contributed by atoms with Crippen LogP contribution in [0.5, 0.6) is 5.75 Å². The maximum atomic E-state index is 13.2. The summed E-state index contributed by atoms with van der Waals surface area (Å²) in [6, 6.07) is 12.1. The van der Waals surface area contributed by atoms with Crippen molar-refractivity contribution in [3.05, 3.63) is 58.7 Å². The predicted molar refractivity (Wildman–Crippen MR) is 135 cm³/mol. The van der Waals surface area contributed by atoms with Crippen LogP contribution in [0.3, 0.4) is 0 Å². The summed E-state index contributed by atoms with van der Waals surface area (Å²) >= 11 is 0. The lowest BCUT2D eigenvalue weighted by Crippen LogP contribution is -2.53. The fourth-order valence-corrected chi connectivity index (χ4v) is 7.84. The first-order valence-corrected chi connectivity index (χ1v) is 13.8. The van der Waals surface area contributed by atoms with E-state index in [9.17, 15) is 8.42 Å². The van der Waals surface area contributed by atoms with E-state index in [0.717, 1.165) is 31.2 Å². The van der Waals surface area contributed by atoms with E-state index in [1.165, 1.54) is 23.1 Å². The molecule has 3 atom stereocenters. The van der Waals surface area contributed by atoms with Gasteiger partial charge in [-0.15, -0.1) is 0 Å². The molecule has 1 saturated carbocycles. The number of methoxy groups -OCH3 is 1. The maximum Gasteiger partial charge on any atom is 0.240 e. The van der Waals surface area contributed by atoms with Crippen molar-refractivity contribution in [2.24, 2.45) is 11.3 Å². The Morgan fingerprint density at radius 2 is 1.88 bits per heavy atom. The molecular weight excluding hydrogens is 430 g/mol. The van der Waals surface area contributed by atoms with Gasteiger partial charge in [-0.2, -0.15) is 0 Å². The average Bonchev–Trinajstić information content (AvgIpc) is 2.77. The molecule has 1 fully saturated rings. The molecule has 5 heteroatoms. The average molecular weight is 470 g/mol. The molecular formula is C28H39NO3S. The van der Waals surface area contributed by atoms with Crippen LogP contribution in [-0.4, -0.2) is 22.1 Å². The topological polar surface area (TPSA) is 55.4 Å². The molecule has 0 unspecified atom stereocenters. The Hall–Kier alpha value is -1.85. The van der Waals surface area contributed by atoms with Crippen LogP contribution < -0.4 is 9.46 Å². The summed E-state index contributed by atoms with van der Waals surface area (Å²) in [7, 11) is -1.99. The molecule has 2 aliphatic rings. The summed E-state index contributed by atoms with van der Waals surface area (Å²) in [4.78, 5) is 0.304. The molecule has 4 rings (SSSR count). The van der Waals surface area contributed by atoms with Crippen LogP contribution in [0.25, 0.3) is 0 Å². The number of sulfonamides is 1. The van der Waals surface area contributed by atoms with Crippen LogP contribution in [0.2, 0.25) is 0 Å². The van der Waals surface area contributed by atoms with Crippen molar-refractivity contribution in [3.63, 3.8) is 0 Å². The molecule has 1 N–H and O–H groups in total. The second kappa shape index (κ2) is 8.74. The number of hydrogen-bond donors (Lipinski definition) is 1. The van der Waals surface area contributed by atoms with Gasteiger partial charge in [0.15, 0.2) is 0 Å². The van der Waals surface area contributed by atoms with Gasteiger partial charge in [-0.3, -0.25) is 0 Å². The Morgan fingerprint density at radius 3 is 2.55 bits per heavy atom. The molecule has 2 aromatic rings. The van der Waals surface area contributed by atoms with Crippen LogP contribution in [0.4, 0.5) is 0 Å². The third-order valence-electron chi connectivity index (χ3n) is 8.51. The number of rotatable bonds is 6. The highest BCUT2D eigenvalue weighted by Crippen LogP contribution is 2.57. The summed E-state index contributed by atoms with van der Waals surface area (Å²) < 4.78 is 34.6. The molecule has 0 amide bonds. The first kappa shape index (κ1) is 24.3. The molecule has 2 aromatic carbocycles. The van der Waals surface area contributed by atoms with E-state index in [1.807, 2.05) is 6.92 Å². The SMILES string of the molecule is COc1ccc(S(=O)(=O)NC[C@@]2(C)CCC[C@]3(C)c4ccc(C(C)C)cc4CC[C@H]23)cc1C. The van der Waals surface area contributed by atoms with Crippen LogP contribution >= 0.6 is 0 Å². The Balaban J connectivity index is 1.58. The Kier molecular flexibility index (Phi) is 6.43. The van der Waals surface area contributed by atoms with Crippen molar-refractivity contribution in [1.29, 1.82) is 0 Å². The summed E-state index contributed by atoms with van der Waals surface area (Å²) in [6.07, 6.45) is 5.54. The fraction of sp³-hybridized carbons (Fsp3) is 0.571. The second-order valence-electron chi connectivity index (χ2n) is 11.0. The monoisotopic (exact) mass is 469 g/mol. The minimum atomic E-state index is -3.58. The van der Waals surface area contributed by atoms with Gasteiger partial charge in [-0.25, -0.2) is 13.1 Å². The van der Waals surface area contributed by atoms with Gasteiger partial charge in [-0.05, 0) is 95.7 Å². The summed E-state index contributed by atoms with van der Waals surface area (Å²) in [5.74, 6) is 1.69. The van der Waals surface area contributed by atoms with Crippen molar-refractivity contribution < 1.29 is 13.2 Å². The highest BCUT2D eigenvalue weighted by atomic mass is 32.2. The number of ether oxygens (including phenoxy) is 1. The van der Waals surface area contributed by atoms with Crippen molar-refractivity contribution >= 4 is 10.0 Å². The van der Waals surface area contributed by atoms with E-state index in [0.29, 0.717) is 29.0 Å². The lowest BCUT2D eigenvalue weighted by atomic mass is 9.50. The van der Waals surface area contributed by atoms with Crippen molar-refractivity contribution in [1.82, 2.24) is 4.72 Å². The Morgan fingerprint density at radius 1 is 1.12 bits per heavy atom. The zero-order valence-corrected chi connectivity index (χ0v) is 21.8. The number of aryl methyl sites for hydroxylation is 2. The van der Waals surface area contributed by atoms with E-state index in [-0.39, 0.29) is 10.8 Å². The number of benzene rings is 2. The van der Waals surface area contributed by atoms with Gasteiger partial charge in [0.2, 0.25) is 10.0 Å². The minimum absolute atomic E-state index is 0.0734. The van der Waals surface area contributed by atoms with Gasteiger partial charge in [-0.1, -0.05) is 52.3 Å². The lowest BCUT2D eigenvalue weighted by molar-refractivity contribution is 0.0299. The first-order chi connectivity index (χ1) is 15.5. The zero-order chi connectivity index (χ0) is 24.0. The highest BCUT2D eigenvalue weighted by molar-refractivity contribution is 7.89. The zero-order valence-electron chi connectivity index (χ0n) is 21.0. The number of hydrogen-bond acceptors (Lipinski definition) is 3. The Labute approximate surface area is 200 Å². The summed E-state index contributed by atoms with van der Waals surface area (Å²) in [5.41, 5.74) is 5.24. The van der Waals surface area contributed by atoms with Gasteiger partial charge < -0.3 is 4.74 Å². The smallest absolute Gasteiger partial charge is 0.240 e. The molecule has 0 radical (unpaired) electrons. The van der Waals surface area contributed by atoms with Crippen LogP contribution in [0.15, 0.2) is 41.3 Å². The minimum Gasteiger partial charge on any atom is -0.496 e. The van der Waals surface area contributed by atoms with Crippen LogP contribution in [0.1, 0.15) is 81.5 Å². The molecule has 0 heterocycles. The fourth-order valence-electron chi connectivity index (χ4n) is 6.58. The van der Waals surface area contributed by atoms with Gasteiger partial charge >= 0.3 is 0 Å². The molecule has 180 valence electrons. The summed E-state index contributed by atoms with van der Waals surface area (Å²) in [6.45, 7) is 11.6. The van der Waals surface area contributed by atoms with Gasteiger partial charge in [0.05, 0.1) is 12.0 Å². The maximum absolute atomic E-state index is 13.2. The van der Waals surface area contributed by atoms with Crippen LogP contribution in [0, 0.1) is 18.3 Å². The second-order valence-corrected chi connectivity index (χ2v) is 12.8. The molecule has 2 aliphatic carbocycles. The number of fused-ring (bicyclic) bond motifs is 3. The molecule has 0 aromatic heterocycles. The summed E-state index contributed by atoms with van der Waals surface area (Å²) in [5, 5.41) is 0. The normalized spacial score (nSPS) is 27.2. The van der Waals surface area contributed by atoms with Crippen molar-refractivity contribution in [2.75, 3.05) is 13.7 Å². The van der Waals surface area contributed by atoms with E-state index in [2.05, 4.69) is 50.6 Å². The molecule has 0 aliphatic heterocycles. The number of nitrogens with one attached hydrogen (secondary N) is 1. The van der Waals surface area contributed by atoms with Crippen molar-refractivity contribution in [2.45, 2.75) is 83.0 Å². The lowest BCUT2D eigenvalue weighted by Gasteiger charge is -2.55. The molecule has 4 nitrogen and oxygen atoms in total. The van der Waals surface area contributed by atoms with Gasteiger partial charge in [0.25, 0.3) is 0 Å². The largest absolute Gasteiger partial charge is 0.496 e. The highest BCUT2D eigenvalue weighted by Gasteiger charge is 2.51. The molecule has 33 heavy (non-hydrogen) atoms. The Bertz CT molecular complexity index is 1140. The molecule has 0 bridgehead atoms. The van der Waals surface area contributed by atoms with Crippen LogP contribution in [-0.2, 0) is 21.9 Å². The van der Waals surface area contributed by atoms with E-state index in [1.54, 1.807) is 25.3 Å². The third kappa shape index (κ3) is 4.35. The standard InChI is InChI=1S/C28H39NO3S/c1-19(2)21-8-11-24-22(17-21)9-13-26-27(4,14-7-15-28(24,26)5)18-29-33(30,31)23-10-12-25(32-6)20(3)16-23/h8,10-12,16-17,19,26,29H,7,9,13-15,18H2,1-6H3/t26-,27-,28-/m1/s1.